The molecule has 1 aromatic rings. The first kappa shape index (κ1) is 12.3. The zero-order valence-corrected chi connectivity index (χ0v) is 10.1. The Morgan fingerprint density at radius 1 is 1.47 bits per heavy atom. The Bertz CT molecular complexity index is 328. The van der Waals surface area contributed by atoms with Crippen LogP contribution in [0.1, 0.15) is 26.3 Å². The van der Waals surface area contributed by atoms with E-state index in [4.69, 9.17) is 22.1 Å². The molecule has 4 heteroatoms. The molecule has 0 aromatic carbocycles. The zero-order valence-electron chi connectivity index (χ0n) is 9.33. The van der Waals surface area contributed by atoms with Gasteiger partial charge in [0, 0.05) is 12.7 Å². The molecular formula is C11H17ClN2O. The van der Waals surface area contributed by atoms with Crippen LogP contribution < -0.4 is 10.5 Å². The van der Waals surface area contributed by atoms with Crippen LogP contribution in [0.2, 0.25) is 5.02 Å². The molecule has 1 rings (SSSR count). The van der Waals surface area contributed by atoms with E-state index in [1.165, 1.54) is 0 Å². The lowest BCUT2D eigenvalue weighted by Gasteiger charge is -2.18. The first-order valence-electron chi connectivity index (χ1n) is 5.06. The average Bonchev–Trinajstić information content (AvgIpc) is 2.21. The second kappa shape index (κ2) is 5.33. The second-order valence-corrected chi connectivity index (χ2v) is 4.24. The average molecular weight is 229 g/mol. The van der Waals surface area contributed by atoms with Crippen LogP contribution in [0.15, 0.2) is 12.3 Å². The SMILES string of the molecule is CC(C)C(C)Oc1nccc(CN)c1Cl. The monoisotopic (exact) mass is 228 g/mol. The third kappa shape index (κ3) is 3.08. The van der Waals surface area contributed by atoms with E-state index >= 15 is 0 Å². The van der Waals surface area contributed by atoms with Crippen LogP contribution in [0.3, 0.4) is 0 Å². The van der Waals surface area contributed by atoms with Gasteiger partial charge in [0.1, 0.15) is 5.02 Å². The predicted molar refractivity (Wildman–Crippen MR) is 62.1 cm³/mol. The lowest BCUT2D eigenvalue weighted by molar-refractivity contribution is 0.163. The van der Waals surface area contributed by atoms with Crippen LogP contribution in [-0.4, -0.2) is 11.1 Å². The van der Waals surface area contributed by atoms with Gasteiger partial charge in [-0.05, 0) is 24.5 Å². The van der Waals surface area contributed by atoms with Gasteiger partial charge < -0.3 is 10.5 Å². The van der Waals surface area contributed by atoms with Crippen molar-refractivity contribution in [2.45, 2.75) is 33.4 Å². The molecule has 84 valence electrons. The molecule has 0 radical (unpaired) electrons. The fraction of sp³-hybridized carbons (Fsp3) is 0.545. The van der Waals surface area contributed by atoms with Gasteiger partial charge in [0.05, 0.1) is 6.10 Å². The summed E-state index contributed by atoms with van der Waals surface area (Å²) >= 11 is 6.09. The summed E-state index contributed by atoms with van der Waals surface area (Å²) in [7, 11) is 0. The highest BCUT2D eigenvalue weighted by Crippen LogP contribution is 2.26. The number of nitrogens with zero attached hydrogens (tertiary/aromatic N) is 1. The normalized spacial score (nSPS) is 12.9. The summed E-state index contributed by atoms with van der Waals surface area (Å²) in [5.41, 5.74) is 6.40. The number of nitrogens with two attached hydrogens (primary N) is 1. The minimum atomic E-state index is 0.0861. The number of hydrogen-bond donors (Lipinski definition) is 1. The van der Waals surface area contributed by atoms with Gasteiger partial charge in [-0.1, -0.05) is 25.4 Å². The van der Waals surface area contributed by atoms with E-state index in [1.807, 2.05) is 6.92 Å². The zero-order chi connectivity index (χ0) is 11.4. The van der Waals surface area contributed by atoms with E-state index in [2.05, 4.69) is 18.8 Å². The molecule has 0 amide bonds. The van der Waals surface area contributed by atoms with Gasteiger partial charge >= 0.3 is 0 Å². The fourth-order valence-electron chi connectivity index (χ4n) is 1.01. The van der Waals surface area contributed by atoms with Gasteiger partial charge in [-0.3, -0.25) is 0 Å². The molecule has 0 spiro atoms. The molecule has 0 saturated heterocycles. The number of pyridine rings is 1. The summed E-state index contributed by atoms with van der Waals surface area (Å²) < 4.78 is 5.65. The molecular weight excluding hydrogens is 212 g/mol. The van der Waals surface area contributed by atoms with Crippen LogP contribution in [0.4, 0.5) is 0 Å². The van der Waals surface area contributed by atoms with Crippen molar-refractivity contribution in [3.8, 4) is 5.88 Å². The van der Waals surface area contributed by atoms with Gasteiger partial charge in [-0.25, -0.2) is 4.98 Å². The Balaban J connectivity index is 2.86. The Morgan fingerprint density at radius 3 is 2.67 bits per heavy atom. The van der Waals surface area contributed by atoms with E-state index in [0.29, 0.717) is 23.4 Å². The number of rotatable bonds is 4. The number of hydrogen-bond acceptors (Lipinski definition) is 3. The molecule has 0 aliphatic heterocycles. The Morgan fingerprint density at radius 2 is 2.13 bits per heavy atom. The fourth-order valence-corrected chi connectivity index (χ4v) is 1.25. The molecule has 0 fully saturated rings. The highest BCUT2D eigenvalue weighted by molar-refractivity contribution is 6.32. The van der Waals surface area contributed by atoms with Gasteiger partial charge in [0.25, 0.3) is 0 Å². The van der Waals surface area contributed by atoms with E-state index in [9.17, 15) is 0 Å². The van der Waals surface area contributed by atoms with E-state index in [-0.39, 0.29) is 6.10 Å². The number of halogens is 1. The van der Waals surface area contributed by atoms with Crippen LogP contribution >= 0.6 is 11.6 Å². The standard InChI is InChI=1S/C11H17ClN2O/c1-7(2)8(3)15-11-10(12)9(6-13)4-5-14-11/h4-5,7-8H,6,13H2,1-3H3. The van der Waals surface area contributed by atoms with Crippen molar-refractivity contribution in [3.05, 3.63) is 22.8 Å². The Labute approximate surface area is 95.6 Å². The topological polar surface area (TPSA) is 48.1 Å². The molecule has 0 aliphatic carbocycles. The molecule has 1 heterocycles. The molecule has 1 unspecified atom stereocenters. The van der Waals surface area contributed by atoms with Crippen molar-refractivity contribution in [1.29, 1.82) is 0 Å². The number of aromatic nitrogens is 1. The number of ether oxygens (including phenoxy) is 1. The maximum Gasteiger partial charge on any atom is 0.233 e. The van der Waals surface area contributed by atoms with Gasteiger partial charge in [0.2, 0.25) is 5.88 Å². The van der Waals surface area contributed by atoms with Crippen molar-refractivity contribution < 1.29 is 4.74 Å². The highest BCUT2D eigenvalue weighted by Gasteiger charge is 2.13. The van der Waals surface area contributed by atoms with E-state index in [0.717, 1.165) is 5.56 Å². The molecule has 2 N–H and O–H groups in total. The molecule has 0 saturated carbocycles. The van der Waals surface area contributed by atoms with Gasteiger partial charge in [0.15, 0.2) is 0 Å². The van der Waals surface area contributed by atoms with Crippen molar-refractivity contribution in [1.82, 2.24) is 4.98 Å². The van der Waals surface area contributed by atoms with Crippen molar-refractivity contribution in [2.24, 2.45) is 11.7 Å². The third-order valence-electron chi connectivity index (χ3n) is 2.39. The lowest BCUT2D eigenvalue weighted by Crippen LogP contribution is -2.19. The van der Waals surface area contributed by atoms with Crippen molar-refractivity contribution >= 4 is 11.6 Å². The Hall–Kier alpha value is -0.800. The summed E-state index contributed by atoms with van der Waals surface area (Å²) in [6.07, 6.45) is 1.75. The van der Waals surface area contributed by atoms with Crippen LogP contribution in [-0.2, 0) is 6.54 Å². The lowest BCUT2D eigenvalue weighted by atomic mass is 10.1. The summed E-state index contributed by atoms with van der Waals surface area (Å²) in [5, 5.41) is 0.521. The summed E-state index contributed by atoms with van der Waals surface area (Å²) in [6, 6.07) is 1.80. The van der Waals surface area contributed by atoms with Gasteiger partial charge in [-0.2, -0.15) is 0 Å². The largest absolute Gasteiger partial charge is 0.473 e. The third-order valence-corrected chi connectivity index (χ3v) is 2.80. The van der Waals surface area contributed by atoms with Crippen LogP contribution in [0.25, 0.3) is 0 Å². The first-order chi connectivity index (χ1) is 7.06. The molecule has 15 heavy (non-hydrogen) atoms. The van der Waals surface area contributed by atoms with Crippen molar-refractivity contribution in [3.63, 3.8) is 0 Å². The summed E-state index contributed by atoms with van der Waals surface area (Å²) in [4.78, 5) is 4.10. The maximum absolute atomic E-state index is 6.09. The second-order valence-electron chi connectivity index (χ2n) is 3.86. The molecule has 1 atom stereocenters. The quantitative estimate of drug-likeness (QED) is 0.862. The summed E-state index contributed by atoms with van der Waals surface area (Å²) in [6.45, 7) is 6.57. The highest BCUT2D eigenvalue weighted by atomic mass is 35.5. The van der Waals surface area contributed by atoms with E-state index < -0.39 is 0 Å². The van der Waals surface area contributed by atoms with Crippen LogP contribution in [0.5, 0.6) is 5.88 Å². The maximum atomic E-state index is 6.09. The van der Waals surface area contributed by atoms with E-state index in [1.54, 1.807) is 12.3 Å². The molecule has 3 nitrogen and oxygen atoms in total. The molecule has 0 aliphatic rings. The smallest absolute Gasteiger partial charge is 0.233 e. The first-order valence-corrected chi connectivity index (χ1v) is 5.44. The Kier molecular flexibility index (Phi) is 4.36. The summed E-state index contributed by atoms with van der Waals surface area (Å²) in [5.74, 6) is 0.894. The van der Waals surface area contributed by atoms with Crippen molar-refractivity contribution in [2.75, 3.05) is 0 Å². The molecule has 1 aromatic heterocycles. The predicted octanol–water partition coefficient (Wildman–Crippen LogP) is 2.62. The van der Waals surface area contributed by atoms with Gasteiger partial charge in [-0.15, -0.1) is 0 Å². The van der Waals surface area contributed by atoms with Crippen LogP contribution in [0, 0.1) is 5.92 Å². The minimum Gasteiger partial charge on any atom is -0.473 e. The molecule has 0 bridgehead atoms. The minimum absolute atomic E-state index is 0.0861.